The first-order valence-corrected chi connectivity index (χ1v) is 8.67. The smallest absolute Gasteiger partial charge is 0.347 e. The number of halogens is 2. The van der Waals surface area contributed by atoms with Crippen molar-refractivity contribution < 1.29 is 28.9 Å². The molecule has 25 heavy (non-hydrogen) atoms. The van der Waals surface area contributed by atoms with E-state index >= 15 is 0 Å². The van der Waals surface area contributed by atoms with E-state index in [1.807, 2.05) is 0 Å². The number of carboxylic acid groups (broad SMARTS) is 1. The molecule has 0 unspecified atom stereocenters. The van der Waals surface area contributed by atoms with Gasteiger partial charge in [0.25, 0.3) is 0 Å². The molecule has 0 aromatic heterocycles. The predicted molar refractivity (Wildman–Crippen MR) is 97.6 cm³/mol. The number of rotatable bonds is 7. The van der Waals surface area contributed by atoms with Crippen LogP contribution in [0.3, 0.4) is 0 Å². The number of hydrogen-bond donors (Lipinski definition) is 1. The van der Waals surface area contributed by atoms with E-state index in [0.717, 1.165) is 0 Å². The highest BCUT2D eigenvalue weighted by molar-refractivity contribution is 9.10. The third kappa shape index (κ3) is 5.29. The quantitative estimate of drug-likeness (QED) is 0.369. The van der Waals surface area contributed by atoms with Crippen LogP contribution >= 0.6 is 31.9 Å². The molecule has 0 radical (unpaired) electrons. The fourth-order valence-electron chi connectivity index (χ4n) is 1.89. The Labute approximate surface area is 161 Å². The number of carbonyl (C=O) groups is 2. The average molecular weight is 474 g/mol. The van der Waals surface area contributed by atoms with Crippen molar-refractivity contribution in [3.8, 4) is 11.5 Å². The predicted octanol–water partition coefficient (Wildman–Crippen LogP) is 4.15. The monoisotopic (exact) mass is 472 g/mol. The zero-order chi connectivity index (χ0) is 18.4. The van der Waals surface area contributed by atoms with Crippen molar-refractivity contribution in [2.24, 2.45) is 0 Å². The summed E-state index contributed by atoms with van der Waals surface area (Å²) in [5.74, 6) is -1.13. The van der Waals surface area contributed by atoms with Gasteiger partial charge in [-0.15, -0.1) is 0 Å². The lowest BCUT2D eigenvalue weighted by atomic mass is 10.2. The molecule has 0 fully saturated rings. The minimum atomic E-state index is -1.07. The molecule has 0 amide bonds. The first kappa shape index (κ1) is 19.4. The lowest BCUT2D eigenvalue weighted by Crippen LogP contribution is -2.13. The molecule has 0 aliphatic carbocycles. The van der Waals surface area contributed by atoms with Crippen LogP contribution in [0.5, 0.6) is 11.5 Å². The molecule has 1 N–H and O–H groups in total. The van der Waals surface area contributed by atoms with Crippen molar-refractivity contribution in [1.82, 2.24) is 0 Å². The second-order valence-electron chi connectivity index (χ2n) is 4.82. The van der Waals surface area contributed by atoms with Gasteiger partial charge in [0.2, 0.25) is 0 Å². The van der Waals surface area contributed by atoms with Crippen molar-refractivity contribution in [3.63, 3.8) is 0 Å². The van der Waals surface area contributed by atoms with E-state index in [-0.39, 0.29) is 23.5 Å². The summed E-state index contributed by atoms with van der Waals surface area (Å²) in [4.78, 5) is 23.5. The van der Waals surface area contributed by atoms with Crippen LogP contribution in [0.25, 0.3) is 0 Å². The van der Waals surface area contributed by atoms with Gasteiger partial charge in [0.1, 0.15) is 23.7 Å². The van der Waals surface area contributed by atoms with Crippen molar-refractivity contribution in [1.29, 1.82) is 0 Å². The molecule has 0 aliphatic heterocycles. The van der Waals surface area contributed by atoms with Gasteiger partial charge < -0.3 is 19.3 Å². The molecule has 0 heterocycles. The number of hydrogen-bond acceptors (Lipinski definition) is 5. The van der Waals surface area contributed by atoms with Crippen molar-refractivity contribution in [3.05, 3.63) is 56.5 Å². The van der Waals surface area contributed by atoms with Crippen LogP contribution in [-0.2, 0) is 4.74 Å². The first-order chi connectivity index (χ1) is 11.9. The molecule has 0 saturated heterocycles. The molecule has 0 aliphatic rings. The maximum Gasteiger partial charge on any atom is 0.347 e. The van der Waals surface area contributed by atoms with Crippen LogP contribution in [0.15, 0.2) is 45.3 Å². The minimum absolute atomic E-state index is 0.0812. The Hall–Kier alpha value is -1.90. The van der Waals surface area contributed by atoms with Gasteiger partial charge in [0, 0.05) is 11.6 Å². The van der Waals surface area contributed by atoms with Crippen LogP contribution in [0.2, 0.25) is 0 Å². The van der Waals surface area contributed by atoms with E-state index in [9.17, 15) is 9.59 Å². The molecule has 2 rings (SSSR count). The maximum absolute atomic E-state index is 12.5. The van der Waals surface area contributed by atoms with Gasteiger partial charge >= 0.3 is 11.9 Å². The van der Waals surface area contributed by atoms with Gasteiger partial charge in [-0.3, -0.25) is 0 Å². The number of carboxylic acids is 1. The van der Waals surface area contributed by atoms with Crippen LogP contribution < -0.4 is 9.47 Å². The van der Waals surface area contributed by atoms with Gasteiger partial charge in [0.15, 0.2) is 0 Å². The number of esters is 1. The third-order valence-electron chi connectivity index (χ3n) is 3.09. The van der Waals surface area contributed by atoms with E-state index < -0.39 is 11.9 Å². The summed E-state index contributed by atoms with van der Waals surface area (Å²) in [5, 5.41) is 8.97. The van der Waals surface area contributed by atoms with E-state index in [2.05, 4.69) is 31.9 Å². The Morgan fingerprint density at radius 2 is 1.76 bits per heavy atom. The Morgan fingerprint density at radius 3 is 2.40 bits per heavy atom. The molecule has 132 valence electrons. The number of benzene rings is 2. The highest BCUT2D eigenvalue weighted by Gasteiger charge is 2.18. The molecular formula is C17H14Br2O6. The van der Waals surface area contributed by atoms with Crippen LogP contribution in [0.1, 0.15) is 20.7 Å². The summed E-state index contributed by atoms with van der Waals surface area (Å²) in [5.41, 5.74) is 0.317. The van der Waals surface area contributed by atoms with E-state index in [1.54, 1.807) is 25.3 Å². The lowest BCUT2D eigenvalue weighted by molar-refractivity contribution is 0.0696. The molecule has 0 bridgehead atoms. The highest BCUT2D eigenvalue weighted by Crippen LogP contribution is 2.29. The second kappa shape index (κ2) is 8.98. The summed E-state index contributed by atoms with van der Waals surface area (Å²) < 4.78 is 16.9. The Bertz CT molecular complexity index is 791. The number of ether oxygens (including phenoxy) is 3. The summed E-state index contributed by atoms with van der Waals surface area (Å²) in [6, 6.07) is 9.11. The van der Waals surface area contributed by atoms with Crippen molar-refractivity contribution in [2.45, 2.75) is 0 Å². The highest BCUT2D eigenvalue weighted by atomic mass is 79.9. The summed E-state index contributed by atoms with van der Waals surface area (Å²) in [6.45, 7) is 0.669. The van der Waals surface area contributed by atoms with Crippen LogP contribution in [0.4, 0.5) is 0 Å². The Balaban J connectivity index is 2.23. The first-order valence-electron chi connectivity index (χ1n) is 7.08. The molecule has 2 aromatic carbocycles. The Morgan fingerprint density at radius 1 is 1.04 bits per heavy atom. The zero-order valence-corrected chi connectivity index (χ0v) is 16.3. The SMILES string of the molecule is COCCOc1ccc(Br)cc1C(=O)Oc1ccc(C(=O)O)cc1Br. The summed E-state index contributed by atoms with van der Waals surface area (Å²) >= 11 is 6.51. The Kier molecular flexibility index (Phi) is 6.98. The van der Waals surface area contributed by atoms with E-state index in [1.165, 1.54) is 18.2 Å². The second-order valence-corrected chi connectivity index (χ2v) is 6.59. The van der Waals surface area contributed by atoms with Crippen LogP contribution in [-0.4, -0.2) is 37.4 Å². The van der Waals surface area contributed by atoms with Crippen molar-refractivity contribution in [2.75, 3.05) is 20.3 Å². The molecule has 2 aromatic rings. The minimum Gasteiger partial charge on any atom is -0.490 e. The van der Waals surface area contributed by atoms with E-state index in [0.29, 0.717) is 21.3 Å². The summed E-state index contributed by atoms with van der Waals surface area (Å²) in [7, 11) is 1.55. The maximum atomic E-state index is 12.5. The van der Waals surface area contributed by atoms with Crippen LogP contribution in [0, 0.1) is 0 Å². The fraction of sp³-hybridized carbons (Fsp3) is 0.176. The normalized spacial score (nSPS) is 10.4. The molecule has 8 heteroatoms. The van der Waals surface area contributed by atoms with Gasteiger partial charge in [-0.2, -0.15) is 0 Å². The van der Waals surface area contributed by atoms with Gasteiger partial charge in [-0.25, -0.2) is 9.59 Å². The van der Waals surface area contributed by atoms with Gasteiger partial charge in [-0.05, 0) is 52.3 Å². The molecule has 0 spiro atoms. The lowest BCUT2D eigenvalue weighted by Gasteiger charge is -2.12. The average Bonchev–Trinajstić information content (AvgIpc) is 2.57. The third-order valence-corrected chi connectivity index (χ3v) is 4.20. The van der Waals surface area contributed by atoms with Gasteiger partial charge in [-0.1, -0.05) is 15.9 Å². The molecule has 0 atom stereocenters. The largest absolute Gasteiger partial charge is 0.490 e. The molecule has 0 saturated carbocycles. The standard InChI is InChI=1S/C17H14Br2O6/c1-23-6-7-24-14-5-3-11(18)9-12(14)17(22)25-15-4-2-10(16(20)21)8-13(15)19/h2-5,8-9H,6-7H2,1H3,(H,20,21). The number of carbonyl (C=O) groups excluding carboxylic acids is 1. The summed E-state index contributed by atoms with van der Waals surface area (Å²) in [6.07, 6.45) is 0. The number of aromatic carboxylic acids is 1. The van der Waals surface area contributed by atoms with E-state index in [4.69, 9.17) is 19.3 Å². The fourth-order valence-corrected chi connectivity index (χ4v) is 2.71. The van der Waals surface area contributed by atoms with Crippen molar-refractivity contribution >= 4 is 43.8 Å². The topological polar surface area (TPSA) is 82.1 Å². The zero-order valence-electron chi connectivity index (χ0n) is 13.1. The molecule has 6 nitrogen and oxygen atoms in total. The van der Waals surface area contributed by atoms with Gasteiger partial charge in [0.05, 0.1) is 16.6 Å². The molecular weight excluding hydrogens is 460 g/mol. The number of methoxy groups -OCH3 is 1.